The van der Waals surface area contributed by atoms with Gasteiger partial charge in [-0.1, -0.05) is 20.8 Å². The Morgan fingerprint density at radius 2 is 2.33 bits per heavy atom. The second-order valence-electron chi connectivity index (χ2n) is 4.44. The molecule has 1 nitrogen and oxygen atoms in total. The molecule has 12 heavy (non-hydrogen) atoms. The number of hydrogen-bond acceptors (Lipinski definition) is 1. The smallest absolute Gasteiger partial charge is 0.0611 e. The molecule has 1 heteroatoms. The first-order chi connectivity index (χ1) is 6.68. The third kappa shape index (κ3) is 1.33. The second-order valence-corrected chi connectivity index (χ2v) is 4.44. The van der Waals surface area contributed by atoms with Crippen LogP contribution in [0, 0.1) is 11.3 Å². The van der Waals surface area contributed by atoms with E-state index >= 15 is 0 Å². The highest BCUT2D eigenvalue weighted by molar-refractivity contribution is 5.84. The van der Waals surface area contributed by atoms with Gasteiger partial charge in [-0.05, 0) is 35.2 Å². The summed E-state index contributed by atoms with van der Waals surface area (Å²) in [5, 5.41) is 0. The van der Waals surface area contributed by atoms with Crippen LogP contribution >= 0.6 is 0 Å². The highest BCUT2D eigenvalue weighted by atomic mass is 14.7. The van der Waals surface area contributed by atoms with E-state index in [2.05, 4.69) is 25.8 Å². The van der Waals surface area contributed by atoms with Crippen LogP contribution < -0.4 is 0 Å². The zero-order valence-corrected chi connectivity index (χ0v) is 7.94. The molecule has 0 radical (unpaired) electrons. The summed E-state index contributed by atoms with van der Waals surface area (Å²) in [5.41, 5.74) is 1.93. The summed E-state index contributed by atoms with van der Waals surface area (Å²) in [6.45, 7) is 6.92. The van der Waals surface area contributed by atoms with E-state index in [1.807, 2.05) is 0 Å². The van der Waals surface area contributed by atoms with E-state index < -0.39 is 12.3 Å². The summed E-state index contributed by atoms with van der Waals surface area (Å²) < 4.78 is 23.4. The van der Waals surface area contributed by atoms with Crippen molar-refractivity contribution >= 4 is 6.21 Å². The molecule has 0 aromatic carbocycles. The van der Waals surface area contributed by atoms with Crippen LogP contribution in [0.1, 0.15) is 37.7 Å². The van der Waals surface area contributed by atoms with Crippen molar-refractivity contribution in [3.63, 3.8) is 0 Å². The summed E-state index contributed by atoms with van der Waals surface area (Å²) in [5.74, 6) is -1.03. The molecule has 1 atom stereocenters. The molecule has 1 aliphatic carbocycles. The van der Waals surface area contributed by atoms with Crippen molar-refractivity contribution in [2.24, 2.45) is 16.3 Å². The van der Waals surface area contributed by atoms with Crippen molar-refractivity contribution < 1.29 is 4.11 Å². The Labute approximate surface area is 78.8 Å². The van der Waals surface area contributed by atoms with Crippen LogP contribution in [-0.2, 0) is 0 Å². The molecule has 0 amide bonds. The maximum Gasteiger partial charge on any atom is 0.0611 e. The summed E-state index contributed by atoms with van der Waals surface area (Å²) in [6, 6.07) is 0. The zero-order chi connectivity index (χ0) is 11.5. The third-order valence-corrected chi connectivity index (χ3v) is 2.38. The summed E-state index contributed by atoms with van der Waals surface area (Å²) >= 11 is 0. The van der Waals surface area contributed by atoms with Gasteiger partial charge < -0.3 is 0 Å². The SMILES string of the molecule is [2H]C1([2H])CC1([2H])C1=C(C(C)(C)C)CN=C1. The molecule has 66 valence electrons. The number of hydrogen-bond donors (Lipinski definition) is 0. The average Bonchev–Trinajstić information content (AvgIpc) is 2.51. The van der Waals surface area contributed by atoms with Crippen LogP contribution in [0.15, 0.2) is 16.1 Å². The lowest BCUT2D eigenvalue weighted by molar-refractivity contribution is 0.493. The molecule has 2 rings (SSSR count). The van der Waals surface area contributed by atoms with Crippen LogP contribution in [0.5, 0.6) is 0 Å². The monoisotopic (exact) mass is 166 g/mol. The predicted molar refractivity (Wildman–Crippen MR) is 52.6 cm³/mol. The van der Waals surface area contributed by atoms with Gasteiger partial charge in [-0.15, -0.1) is 0 Å². The average molecular weight is 166 g/mol. The van der Waals surface area contributed by atoms with Crippen molar-refractivity contribution in [2.75, 3.05) is 6.54 Å². The molecular weight excluding hydrogens is 146 g/mol. The van der Waals surface area contributed by atoms with Crippen molar-refractivity contribution in [1.82, 2.24) is 0 Å². The predicted octanol–water partition coefficient (Wildman–Crippen LogP) is 2.82. The first kappa shape index (κ1) is 5.21. The lowest BCUT2D eigenvalue weighted by atomic mass is 9.83. The lowest BCUT2D eigenvalue weighted by Gasteiger charge is -2.21. The van der Waals surface area contributed by atoms with E-state index in [0.29, 0.717) is 13.0 Å². The molecule has 1 unspecified atom stereocenters. The Morgan fingerprint density at radius 3 is 2.83 bits per heavy atom. The van der Waals surface area contributed by atoms with Gasteiger partial charge in [0.05, 0.1) is 6.54 Å². The normalized spacial score (nSPS) is 42.4. The largest absolute Gasteiger partial charge is 0.288 e. The number of rotatable bonds is 1. The van der Waals surface area contributed by atoms with Gasteiger partial charge in [-0.2, -0.15) is 0 Å². The van der Waals surface area contributed by atoms with Crippen molar-refractivity contribution in [3.8, 4) is 0 Å². The summed E-state index contributed by atoms with van der Waals surface area (Å²) in [6.07, 6.45) is 0.647. The van der Waals surface area contributed by atoms with E-state index in [1.54, 1.807) is 6.21 Å². The zero-order valence-electron chi connectivity index (χ0n) is 10.9. The molecular formula is C11H17N. The molecule has 0 bridgehead atoms. The lowest BCUT2D eigenvalue weighted by Crippen LogP contribution is -2.12. The topological polar surface area (TPSA) is 12.4 Å². The Morgan fingerprint density at radius 1 is 1.67 bits per heavy atom. The molecule has 0 aromatic rings. The highest BCUT2D eigenvalue weighted by Gasteiger charge is 2.32. The summed E-state index contributed by atoms with van der Waals surface area (Å²) in [7, 11) is 0. The molecule has 1 aliphatic heterocycles. The minimum Gasteiger partial charge on any atom is -0.288 e. The fourth-order valence-corrected chi connectivity index (χ4v) is 1.53. The fourth-order valence-electron chi connectivity index (χ4n) is 1.53. The van der Waals surface area contributed by atoms with E-state index in [1.165, 1.54) is 0 Å². The third-order valence-electron chi connectivity index (χ3n) is 2.38. The van der Waals surface area contributed by atoms with E-state index in [-0.39, 0.29) is 5.41 Å². The van der Waals surface area contributed by atoms with Gasteiger partial charge in [0, 0.05) is 10.3 Å². The molecule has 1 fully saturated rings. The number of aliphatic imine (C=N–C) groups is 1. The van der Waals surface area contributed by atoms with Gasteiger partial charge in [0.25, 0.3) is 0 Å². The minimum absolute atomic E-state index is 0.0153. The van der Waals surface area contributed by atoms with Crippen LogP contribution in [-0.4, -0.2) is 12.8 Å². The van der Waals surface area contributed by atoms with Crippen molar-refractivity contribution in [3.05, 3.63) is 11.1 Å². The van der Waals surface area contributed by atoms with Crippen molar-refractivity contribution in [2.45, 2.75) is 33.6 Å². The summed E-state index contributed by atoms with van der Waals surface area (Å²) in [4.78, 5) is 4.20. The first-order valence-corrected chi connectivity index (χ1v) is 4.42. The van der Waals surface area contributed by atoms with E-state index in [0.717, 1.165) is 11.1 Å². The van der Waals surface area contributed by atoms with Gasteiger partial charge in [-0.25, -0.2) is 0 Å². The highest BCUT2D eigenvalue weighted by Crippen LogP contribution is 2.42. The van der Waals surface area contributed by atoms with Gasteiger partial charge in [0.1, 0.15) is 0 Å². The molecule has 1 saturated carbocycles. The number of allylic oxidation sites excluding steroid dienone is 1. The Bertz CT molecular complexity index is 363. The standard InChI is InChI=1S/C11H17N/c1-11(2,3)10-7-12-6-9(10)8-4-5-8/h6,8H,4-5,7H2,1-3H3/i4D2,8D. The Balaban J connectivity index is 2.40. The van der Waals surface area contributed by atoms with Crippen LogP contribution in [0.3, 0.4) is 0 Å². The molecule has 0 aromatic heterocycles. The fraction of sp³-hybridized carbons (Fsp3) is 0.727. The minimum atomic E-state index is -1.37. The quantitative estimate of drug-likeness (QED) is 0.568. The molecule has 1 heterocycles. The Hall–Kier alpha value is -0.590. The van der Waals surface area contributed by atoms with Crippen LogP contribution in [0.4, 0.5) is 0 Å². The molecule has 0 N–H and O–H groups in total. The van der Waals surface area contributed by atoms with Gasteiger partial charge in [0.2, 0.25) is 0 Å². The molecule has 0 saturated heterocycles. The molecule has 0 spiro atoms. The van der Waals surface area contributed by atoms with E-state index in [9.17, 15) is 0 Å². The first-order valence-electron chi connectivity index (χ1n) is 5.92. The van der Waals surface area contributed by atoms with Crippen molar-refractivity contribution in [1.29, 1.82) is 0 Å². The number of nitrogens with zero attached hydrogens (tertiary/aromatic N) is 1. The maximum atomic E-state index is 8.13. The van der Waals surface area contributed by atoms with Crippen LogP contribution in [0.2, 0.25) is 0 Å². The maximum absolute atomic E-state index is 8.13. The van der Waals surface area contributed by atoms with Crippen LogP contribution in [0.25, 0.3) is 0 Å². The Kier molecular flexibility index (Phi) is 1.06. The van der Waals surface area contributed by atoms with Gasteiger partial charge >= 0.3 is 0 Å². The van der Waals surface area contributed by atoms with Gasteiger partial charge in [-0.3, -0.25) is 4.99 Å². The van der Waals surface area contributed by atoms with E-state index in [4.69, 9.17) is 4.11 Å². The second kappa shape index (κ2) is 2.45. The van der Waals surface area contributed by atoms with Gasteiger partial charge in [0.15, 0.2) is 0 Å². The molecule has 2 aliphatic rings.